The summed E-state index contributed by atoms with van der Waals surface area (Å²) in [6, 6.07) is 7.26. The Bertz CT molecular complexity index is 1180. The van der Waals surface area contributed by atoms with Crippen molar-refractivity contribution in [3.8, 4) is 6.07 Å². The highest BCUT2D eigenvalue weighted by molar-refractivity contribution is 7.19. The molecule has 1 aliphatic rings. The molecule has 0 aliphatic heterocycles. The van der Waals surface area contributed by atoms with Gasteiger partial charge in [-0.25, -0.2) is 4.98 Å². The zero-order valence-electron chi connectivity index (χ0n) is 17.0. The molecule has 29 heavy (non-hydrogen) atoms. The van der Waals surface area contributed by atoms with Gasteiger partial charge in [-0.05, 0) is 39.0 Å². The molecule has 1 N–H and O–H groups in total. The summed E-state index contributed by atoms with van der Waals surface area (Å²) in [5.41, 5.74) is 2.21. The normalized spacial score (nSPS) is 15.2. The number of carbonyl (C=O) groups is 3. The number of hydrogen-bond acceptors (Lipinski definition) is 6. The number of hydrogen-bond donors (Lipinski definition) is 1. The Balaban J connectivity index is 1.82. The molecule has 0 bridgehead atoms. The highest BCUT2D eigenvalue weighted by atomic mass is 32.1. The van der Waals surface area contributed by atoms with Crippen molar-refractivity contribution < 1.29 is 14.4 Å². The van der Waals surface area contributed by atoms with E-state index in [0.29, 0.717) is 38.5 Å². The van der Waals surface area contributed by atoms with Crippen LogP contribution in [0.5, 0.6) is 0 Å². The van der Waals surface area contributed by atoms with Crippen molar-refractivity contribution in [3.05, 3.63) is 45.5 Å². The van der Waals surface area contributed by atoms with Gasteiger partial charge in [-0.2, -0.15) is 5.26 Å². The average Bonchev–Trinajstić information content (AvgIpc) is 3.06. The summed E-state index contributed by atoms with van der Waals surface area (Å²) in [5, 5.41) is 12.2. The van der Waals surface area contributed by atoms with Gasteiger partial charge in [0.05, 0.1) is 10.2 Å². The van der Waals surface area contributed by atoms with Crippen molar-refractivity contribution in [2.75, 3.05) is 5.32 Å². The number of fused-ring (bicyclic) bond motifs is 1. The summed E-state index contributed by atoms with van der Waals surface area (Å²) in [4.78, 5) is 42.2. The predicted octanol–water partition coefficient (Wildman–Crippen LogP) is 4.33. The maximum Gasteiger partial charge on any atom is 0.225 e. The van der Waals surface area contributed by atoms with Crippen LogP contribution in [0.4, 0.5) is 5.69 Å². The van der Waals surface area contributed by atoms with E-state index >= 15 is 0 Å². The lowest BCUT2D eigenvalue weighted by atomic mass is 9.71. The molecule has 0 fully saturated rings. The Kier molecular flexibility index (Phi) is 5.24. The number of thiazole rings is 1. The molecule has 148 valence electrons. The van der Waals surface area contributed by atoms with Gasteiger partial charge in [-0.3, -0.25) is 14.4 Å². The Morgan fingerprint density at radius 2 is 1.79 bits per heavy atom. The average molecular weight is 407 g/mol. The van der Waals surface area contributed by atoms with E-state index in [0.717, 1.165) is 4.70 Å². The number of rotatable bonds is 4. The molecule has 1 aliphatic carbocycles. The van der Waals surface area contributed by atoms with Crippen molar-refractivity contribution in [2.45, 2.75) is 41.0 Å². The third-order valence-electron chi connectivity index (χ3n) is 5.23. The lowest BCUT2D eigenvalue weighted by Crippen LogP contribution is -2.33. The Hall–Kier alpha value is -3.11. The third kappa shape index (κ3) is 3.76. The van der Waals surface area contributed by atoms with Crippen LogP contribution in [0.15, 0.2) is 40.5 Å². The zero-order chi connectivity index (χ0) is 21.5. The molecule has 0 saturated heterocycles. The first-order valence-corrected chi connectivity index (χ1v) is 9.95. The standard InChI is InChI=1S/C22H21N3O3S/c1-11-12(2)21(28)19(13(3)20(11)27)22(4,5)9-17(26)24-14-6-7-15-16(8-14)29-18(10-23)25-15/h6-8H,9H2,1-5H3,(H,24,26). The summed E-state index contributed by atoms with van der Waals surface area (Å²) in [6.07, 6.45) is 0.0508. The first-order chi connectivity index (χ1) is 13.5. The number of nitrogens with one attached hydrogen (secondary N) is 1. The molecule has 0 unspecified atom stereocenters. The van der Waals surface area contributed by atoms with Gasteiger partial charge in [0.1, 0.15) is 6.07 Å². The van der Waals surface area contributed by atoms with E-state index in [9.17, 15) is 14.4 Å². The molecule has 6 nitrogen and oxygen atoms in total. The van der Waals surface area contributed by atoms with Crippen LogP contribution >= 0.6 is 11.3 Å². The van der Waals surface area contributed by atoms with Crippen LogP contribution in [-0.2, 0) is 14.4 Å². The fourth-order valence-electron chi connectivity index (χ4n) is 3.65. The van der Waals surface area contributed by atoms with E-state index in [-0.39, 0.29) is 23.9 Å². The fourth-order valence-corrected chi connectivity index (χ4v) is 4.46. The lowest BCUT2D eigenvalue weighted by molar-refractivity contribution is -0.119. The highest BCUT2D eigenvalue weighted by Crippen LogP contribution is 2.39. The van der Waals surface area contributed by atoms with E-state index < -0.39 is 5.41 Å². The zero-order valence-corrected chi connectivity index (χ0v) is 17.8. The van der Waals surface area contributed by atoms with E-state index in [1.807, 2.05) is 6.07 Å². The van der Waals surface area contributed by atoms with Crippen LogP contribution in [0.25, 0.3) is 10.2 Å². The number of nitriles is 1. The summed E-state index contributed by atoms with van der Waals surface area (Å²) in [5.74, 6) is -0.578. The molecule has 2 aromatic rings. The number of benzene rings is 1. The Morgan fingerprint density at radius 3 is 2.45 bits per heavy atom. The molecule has 1 aromatic heterocycles. The van der Waals surface area contributed by atoms with Gasteiger partial charge in [0, 0.05) is 39.8 Å². The van der Waals surface area contributed by atoms with Crippen LogP contribution in [0.3, 0.4) is 0 Å². The molecule has 0 spiro atoms. The first-order valence-electron chi connectivity index (χ1n) is 9.14. The molecule has 3 rings (SSSR count). The van der Waals surface area contributed by atoms with Gasteiger partial charge in [0.2, 0.25) is 5.91 Å². The fraction of sp³-hybridized carbons (Fsp3) is 0.318. The number of aromatic nitrogens is 1. The minimum absolute atomic E-state index is 0.0508. The van der Waals surface area contributed by atoms with Gasteiger partial charge < -0.3 is 5.32 Å². The summed E-state index contributed by atoms with van der Waals surface area (Å²) >= 11 is 1.26. The minimum atomic E-state index is -0.800. The van der Waals surface area contributed by atoms with E-state index in [1.165, 1.54) is 11.3 Å². The van der Waals surface area contributed by atoms with Crippen LogP contribution in [0, 0.1) is 16.7 Å². The smallest absolute Gasteiger partial charge is 0.225 e. The number of carbonyl (C=O) groups excluding carboxylic acids is 3. The van der Waals surface area contributed by atoms with Crippen LogP contribution in [0.2, 0.25) is 0 Å². The summed E-state index contributed by atoms with van der Waals surface area (Å²) < 4.78 is 0.807. The molecular weight excluding hydrogens is 386 g/mol. The second kappa shape index (κ2) is 7.37. The SMILES string of the molecule is CC1=C(C)C(=O)C(C(C)(C)CC(=O)Nc2ccc3nc(C#N)sc3c2)=C(C)C1=O. The van der Waals surface area contributed by atoms with E-state index in [2.05, 4.69) is 10.3 Å². The van der Waals surface area contributed by atoms with Gasteiger partial charge >= 0.3 is 0 Å². The molecular formula is C22H21N3O3S. The Labute approximate surface area is 172 Å². The number of anilines is 1. The van der Waals surface area contributed by atoms with Crippen LogP contribution in [0.1, 0.15) is 46.0 Å². The third-order valence-corrected chi connectivity index (χ3v) is 6.16. The van der Waals surface area contributed by atoms with Crippen LogP contribution < -0.4 is 5.32 Å². The number of allylic oxidation sites excluding steroid dienone is 4. The summed E-state index contributed by atoms with van der Waals surface area (Å²) in [7, 11) is 0. The largest absolute Gasteiger partial charge is 0.326 e. The number of nitrogens with zero attached hydrogens (tertiary/aromatic N) is 2. The molecule has 0 atom stereocenters. The maximum atomic E-state index is 12.8. The van der Waals surface area contributed by atoms with Gasteiger partial charge in [0.15, 0.2) is 16.6 Å². The molecule has 1 amide bonds. The van der Waals surface area contributed by atoms with Gasteiger partial charge in [-0.15, -0.1) is 11.3 Å². The molecule has 0 saturated carbocycles. The van der Waals surface area contributed by atoms with Crippen molar-refractivity contribution >= 4 is 44.7 Å². The molecule has 0 radical (unpaired) electrons. The van der Waals surface area contributed by atoms with Crippen LogP contribution in [-0.4, -0.2) is 22.5 Å². The number of Topliss-reactive ketones (excluding diaryl/α,β-unsaturated/α-hetero) is 2. The van der Waals surface area contributed by atoms with Gasteiger partial charge in [-0.1, -0.05) is 13.8 Å². The quantitative estimate of drug-likeness (QED) is 0.761. The second-order valence-corrected chi connectivity index (χ2v) is 8.86. The Morgan fingerprint density at radius 1 is 1.14 bits per heavy atom. The van der Waals surface area contributed by atoms with Crippen molar-refractivity contribution in [1.29, 1.82) is 5.26 Å². The first kappa shape index (κ1) is 20.6. The minimum Gasteiger partial charge on any atom is -0.326 e. The van der Waals surface area contributed by atoms with Crippen molar-refractivity contribution in [3.63, 3.8) is 0 Å². The lowest BCUT2D eigenvalue weighted by Gasteiger charge is -2.31. The van der Waals surface area contributed by atoms with E-state index in [4.69, 9.17) is 5.26 Å². The maximum absolute atomic E-state index is 12.8. The second-order valence-electron chi connectivity index (χ2n) is 7.83. The van der Waals surface area contributed by atoms with Crippen molar-refractivity contribution in [1.82, 2.24) is 4.98 Å². The summed E-state index contributed by atoms with van der Waals surface area (Å²) in [6.45, 7) is 8.56. The monoisotopic (exact) mass is 407 g/mol. The topological polar surface area (TPSA) is 99.9 Å². The molecule has 1 heterocycles. The number of ketones is 2. The predicted molar refractivity (Wildman–Crippen MR) is 112 cm³/mol. The van der Waals surface area contributed by atoms with Crippen molar-refractivity contribution in [2.24, 2.45) is 5.41 Å². The highest BCUT2D eigenvalue weighted by Gasteiger charge is 2.38. The molecule has 1 aromatic carbocycles. The van der Waals surface area contributed by atoms with Gasteiger partial charge in [0.25, 0.3) is 0 Å². The number of amides is 1. The molecule has 7 heteroatoms. The van der Waals surface area contributed by atoms with E-state index in [1.54, 1.807) is 52.8 Å².